The van der Waals surface area contributed by atoms with Crippen molar-refractivity contribution in [3.8, 4) is 22.8 Å². The summed E-state index contributed by atoms with van der Waals surface area (Å²) in [5, 5.41) is 0. The number of ether oxygens (including phenoxy) is 2. The van der Waals surface area contributed by atoms with Crippen molar-refractivity contribution in [3.63, 3.8) is 0 Å². The van der Waals surface area contributed by atoms with Crippen LogP contribution >= 0.6 is 0 Å². The van der Waals surface area contributed by atoms with E-state index in [9.17, 15) is 0 Å². The van der Waals surface area contributed by atoms with Crippen molar-refractivity contribution >= 4 is 5.82 Å². The number of nitrogens with zero attached hydrogens (tertiary/aromatic N) is 2. The van der Waals surface area contributed by atoms with Crippen LogP contribution in [0.3, 0.4) is 0 Å². The summed E-state index contributed by atoms with van der Waals surface area (Å²) >= 11 is 0. The fourth-order valence-corrected chi connectivity index (χ4v) is 2.17. The molecule has 114 valence electrons. The second kappa shape index (κ2) is 5.20. The summed E-state index contributed by atoms with van der Waals surface area (Å²) in [5.41, 5.74) is 7.30. The molecule has 0 amide bonds. The van der Waals surface area contributed by atoms with Gasteiger partial charge in [0, 0.05) is 17.0 Å². The molecule has 0 bridgehead atoms. The lowest BCUT2D eigenvalue weighted by atomic mass is 9.96. The number of aromatic nitrogens is 2. The van der Waals surface area contributed by atoms with Crippen LogP contribution in [0, 0.1) is 0 Å². The van der Waals surface area contributed by atoms with Gasteiger partial charge in [-0.25, -0.2) is 9.66 Å². The molecule has 0 aliphatic heterocycles. The first kappa shape index (κ1) is 15.0. The average Bonchev–Trinajstić information content (AvgIpc) is 2.74. The number of benzene rings is 1. The van der Waals surface area contributed by atoms with E-state index in [1.165, 1.54) is 4.68 Å². The van der Waals surface area contributed by atoms with Crippen molar-refractivity contribution < 1.29 is 9.47 Å². The zero-order chi connectivity index (χ0) is 15.8. The molecule has 2 aromatic rings. The number of hydrogen-bond donors (Lipinski definition) is 2. The maximum absolute atomic E-state index is 6.11. The minimum atomic E-state index is -0.208. The van der Waals surface area contributed by atoms with E-state index in [4.69, 9.17) is 21.1 Å². The number of rotatable bonds is 3. The molecule has 0 spiro atoms. The first-order valence-corrected chi connectivity index (χ1v) is 6.65. The second-order valence-electron chi connectivity index (χ2n) is 5.86. The Hall–Kier alpha value is -2.37. The van der Waals surface area contributed by atoms with E-state index in [1.807, 2.05) is 32.9 Å². The quantitative estimate of drug-likeness (QED) is 0.846. The molecule has 0 saturated carbocycles. The van der Waals surface area contributed by atoms with Crippen molar-refractivity contribution in [2.45, 2.75) is 26.2 Å². The van der Waals surface area contributed by atoms with Crippen molar-refractivity contribution in [1.29, 1.82) is 0 Å². The molecular weight excluding hydrogens is 268 g/mol. The summed E-state index contributed by atoms with van der Waals surface area (Å²) in [5.74, 6) is 8.50. The summed E-state index contributed by atoms with van der Waals surface area (Å²) in [6.07, 6.45) is 0. The molecule has 0 atom stereocenters. The van der Waals surface area contributed by atoms with Crippen molar-refractivity contribution in [2.75, 3.05) is 25.8 Å². The Morgan fingerprint density at radius 1 is 1.14 bits per heavy atom. The van der Waals surface area contributed by atoms with E-state index in [0.717, 1.165) is 5.56 Å². The normalized spacial score (nSPS) is 11.5. The van der Waals surface area contributed by atoms with E-state index in [1.54, 1.807) is 20.3 Å². The monoisotopic (exact) mass is 290 g/mol. The highest BCUT2D eigenvalue weighted by atomic mass is 16.5. The van der Waals surface area contributed by atoms with Gasteiger partial charge in [-0.3, -0.25) is 0 Å². The molecule has 21 heavy (non-hydrogen) atoms. The Morgan fingerprint density at radius 2 is 1.81 bits per heavy atom. The smallest absolute Gasteiger partial charge is 0.151 e. The molecule has 0 unspecified atom stereocenters. The Kier molecular flexibility index (Phi) is 3.72. The highest BCUT2D eigenvalue weighted by Crippen LogP contribution is 2.37. The first-order valence-electron chi connectivity index (χ1n) is 6.65. The van der Waals surface area contributed by atoms with Crippen LogP contribution in [-0.2, 0) is 5.41 Å². The summed E-state index contributed by atoms with van der Waals surface area (Å²) < 4.78 is 12.0. The molecule has 0 aliphatic carbocycles. The van der Waals surface area contributed by atoms with Crippen LogP contribution in [0.15, 0.2) is 18.2 Å². The van der Waals surface area contributed by atoms with Gasteiger partial charge in [0.15, 0.2) is 5.82 Å². The minimum absolute atomic E-state index is 0.208. The predicted octanol–water partition coefficient (Wildman–Crippen LogP) is 2.16. The summed E-state index contributed by atoms with van der Waals surface area (Å²) in [4.78, 5) is 4.61. The van der Waals surface area contributed by atoms with E-state index >= 15 is 0 Å². The zero-order valence-corrected chi connectivity index (χ0v) is 13.1. The van der Waals surface area contributed by atoms with Gasteiger partial charge in [0.2, 0.25) is 0 Å². The maximum atomic E-state index is 6.11. The van der Waals surface area contributed by atoms with E-state index in [-0.39, 0.29) is 5.41 Å². The highest BCUT2D eigenvalue weighted by molar-refractivity contribution is 5.77. The Bertz CT molecular complexity index is 656. The zero-order valence-electron chi connectivity index (χ0n) is 13.1. The van der Waals surface area contributed by atoms with Gasteiger partial charge in [-0.15, -0.1) is 0 Å². The van der Waals surface area contributed by atoms with Crippen LogP contribution in [0.1, 0.15) is 26.6 Å². The molecule has 1 aromatic heterocycles. The van der Waals surface area contributed by atoms with E-state index in [0.29, 0.717) is 28.8 Å². The third kappa shape index (κ3) is 2.61. The lowest BCUT2D eigenvalue weighted by Crippen LogP contribution is -2.24. The van der Waals surface area contributed by atoms with Gasteiger partial charge in [0.1, 0.15) is 23.0 Å². The first-order chi connectivity index (χ1) is 9.79. The number of imidazole rings is 1. The van der Waals surface area contributed by atoms with Gasteiger partial charge in [0.25, 0.3) is 0 Å². The largest absolute Gasteiger partial charge is 0.497 e. The molecule has 6 nitrogen and oxygen atoms in total. The van der Waals surface area contributed by atoms with Gasteiger partial charge >= 0.3 is 0 Å². The lowest BCUT2D eigenvalue weighted by Gasteiger charge is -2.17. The number of hydrogen-bond acceptors (Lipinski definition) is 5. The fourth-order valence-electron chi connectivity index (χ4n) is 2.17. The Labute approximate surface area is 124 Å². The molecule has 6 heteroatoms. The lowest BCUT2D eigenvalue weighted by molar-refractivity contribution is 0.395. The molecule has 0 saturated heterocycles. The topological polar surface area (TPSA) is 88.3 Å². The van der Waals surface area contributed by atoms with Crippen LogP contribution in [0.4, 0.5) is 5.82 Å². The van der Waals surface area contributed by atoms with Gasteiger partial charge in [-0.05, 0) is 12.1 Å². The van der Waals surface area contributed by atoms with Crippen LogP contribution in [0.2, 0.25) is 0 Å². The molecular formula is C15H22N4O2. The van der Waals surface area contributed by atoms with Crippen LogP contribution < -0.4 is 21.1 Å². The molecule has 4 N–H and O–H groups in total. The van der Waals surface area contributed by atoms with Crippen LogP contribution in [-0.4, -0.2) is 23.9 Å². The summed E-state index contributed by atoms with van der Waals surface area (Å²) in [7, 11) is 3.20. The van der Waals surface area contributed by atoms with Crippen molar-refractivity contribution in [2.24, 2.45) is 0 Å². The molecule has 0 radical (unpaired) electrons. The number of nitrogens with two attached hydrogens (primary N) is 2. The molecule has 0 aliphatic rings. The van der Waals surface area contributed by atoms with Gasteiger partial charge in [-0.1, -0.05) is 20.8 Å². The number of anilines is 1. The van der Waals surface area contributed by atoms with E-state index < -0.39 is 0 Å². The molecule has 0 fully saturated rings. The van der Waals surface area contributed by atoms with Crippen LogP contribution in [0.25, 0.3) is 11.3 Å². The summed E-state index contributed by atoms with van der Waals surface area (Å²) in [6, 6.07) is 5.49. The van der Waals surface area contributed by atoms with Gasteiger partial charge in [-0.2, -0.15) is 0 Å². The van der Waals surface area contributed by atoms with Crippen LogP contribution in [0.5, 0.6) is 11.5 Å². The van der Waals surface area contributed by atoms with Crippen molar-refractivity contribution in [1.82, 2.24) is 9.66 Å². The standard InChI is InChI=1S/C15H22N4O2/c1-15(2,3)14-18-12(13(16)19(14)17)10-7-6-9(20-4)8-11(10)21-5/h6-8H,16-17H2,1-5H3. The number of methoxy groups -OCH3 is 2. The number of nitrogen functional groups attached to an aromatic ring is 2. The van der Waals surface area contributed by atoms with Crippen molar-refractivity contribution in [3.05, 3.63) is 24.0 Å². The second-order valence-corrected chi connectivity index (χ2v) is 5.86. The van der Waals surface area contributed by atoms with Gasteiger partial charge in [0.05, 0.1) is 14.2 Å². The predicted molar refractivity (Wildman–Crippen MR) is 84.0 cm³/mol. The third-order valence-electron chi connectivity index (χ3n) is 3.28. The molecule has 1 aromatic carbocycles. The molecule has 1 heterocycles. The SMILES string of the molecule is COc1ccc(-c2nc(C(C)(C)C)n(N)c2N)c(OC)c1. The molecule has 2 rings (SSSR count). The summed E-state index contributed by atoms with van der Waals surface area (Å²) in [6.45, 7) is 6.10. The maximum Gasteiger partial charge on any atom is 0.151 e. The highest BCUT2D eigenvalue weighted by Gasteiger charge is 2.25. The Morgan fingerprint density at radius 3 is 2.29 bits per heavy atom. The third-order valence-corrected chi connectivity index (χ3v) is 3.28. The average molecular weight is 290 g/mol. The fraction of sp³-hybridized carbons (Fsp3) is 0.400. The van der Waals surface area contributed by atoms with Gasteiger partial charge < -0.3 is 21.1 Å². The van der Waals surface area contributed by atoms with E-state index in [2.05, 4.69) is 4.98 Å². The Balaban J connectivity index is 2.63. The minimum Gasteiger partial charge on any atom is -0.497 e.